The number of carbonyl (C=O) groups is 1. The van der Waals surface area contributed by atoms with Gasteiger partial charge in [-0.2, -0.15) is 0 Å². The first kappa shape index (κ1) is 15.8. The monoisotopic (exact) mass is 270 g/mol. The van der Waals surface area contributed by atoms with Crippen molar-refractivity contribution in [2.45, 2.75) is 78.0 Å². The number of nitrogens with one attached hydrogen (secondary N) is 1. The van der Waals surface area contributed by atoms with Crippen molar-refractivity contribution in [2.75, 3.05) is 0 Å². The molecule has 0 aromatic rings. The van der Waals surface area contributed by atoms with Gasteiger partial charge in [-0.25, -0.2) is 4.79 Å². The molecule has 19 heavy (non-hydrogen) atoms. The van der Waals surface area contributed by atoms with Crippen LogP contribution in [0.1, 0.15) is 60.3 Å². The molecule has 0 aromatic carbocycles. The Hall–Kier alpha value is -1.26. The lowest BCUT2D eigenvalue weighted by Gasteiger charge is -2.28. The van der Waals surface area contributed by atoms with Crippen LogP contribution < -0.4 is 5.32 Å². The first-order chi connectivity index (χ1) is 8.76. The molecule has 5 nitrogen and oxygen atoms in total. The lowest BCUT2D eigenvalue weighted by molar-refractivity contribution is 0.0211. The number of alkyl carbamates (subject to hydrolysis) is 1. The summed E-state index contributed by atoms with van der Waals surface area (Å²) in [7, 11) is 0. The van der Waals surface area contributed by atoms with Crippen molar-refractivity contribution in [3.8, 4) is 0 Å². The molecule has 1 amide bonds. The highest BCUT2D eigenvalue weighted by Gasteiger charge is 2.25. The summed E-state index contributed by atoms with van der Waals surface area (Å²) < 4.78 is 5.24. The van der Waals surface area contributed by atoms with Crippen LogP contribution in [-0.4, -0.2) is 29.6 Å². The van der Waals surface area contributed by atoms with Crippen LogP contribution in [0.25, 0.3) is 0 Å². The molecule has 110 valence electrons. The number of hydrogen-bond donors (Lipinski definition) is 1. The van der Waals surface area contributed by atoms with Crippen LogP contribution in [0.2, 0.25) is 0 Å². The number of amides is 1. The minimum Gasteiger partial charge on any atom is -0.444 e. The molecule has 1 N–H and O–H groups in total. The molecular formula is C14H26N2O3. The van der Waals surface area contributed by atoms with Crippen molar-refractivity contribution >= 4 is 11.8 Å². The SMILES string of the molecule is CC(C)=NOC1CCC(NC(=O)OC(C)(C)C)CC1. The van der Waals surface area contributed by atoms with Gasteiger partial charge in [-0.15, -0.1) is 0 Å². The highest BCUT2D eigenvalue weighted by Crippen LogP contribution is 2.22. The van der Waals surface area contributed by atoms with Gasteiger partial charge in [0.05, 0.1) is 5.71 Å². The molecule has 1 fully saturated rings. The number of hydrogen-bond acceptors (Lipinski definition) is 4. The van der Waals surface area contributed by atoms with Crippen LogP contribution in [-0.2, 0) is 9.57 Å². The van der Waals surface area contributed by atoms with E-state index in [4.69, 9.17) is 9.57 Å². The summed E-state index contributed by atoms with van der Waals surface area (Å²) in [5.41, 5.74) is 0.478. The van der Waals surface area contributed by atoms with Crippen LogP contribution in [0.4, 0.5) is 4.79 Å². The molecule has 0 saturated heterocycles. The Morgan fingerprint density at radius 2 is 1.74 bits per heavy atom. The van der Waals surface area contributed by atoms with E-state index in [1.807, 2.05) is 34.6 Å². The zero-order chi connectivity index (χ0) is 14.5. The first-order valence-corrected chi connectivity index (χ1v) is 6.93. The fraction of sp³-hybridized carbons (Fsp3) is 0.857. The minimum atomic E-state index is -0.447. The Bertz CT molecular complexity index is 322. The average molecular weight is 270 g/mol. The number of carbonyl (C=O) groups excluding carboxylic acids is 1. The summed E-state index contributed by atoms with van der Waals surface area (Å²) >= 11 is 0. The van der Waals surface area contributed by atoms with E-state index >= 15 is 0 Å². The van der Waals surface area contributed by atoms with Crippen molar-refractivity contribution in [1.29, 1.82) is 0 Å². The van der Waals surface area contributed by atoms with Crippen LogP contribution in [0.5, 0.6) is 0 Å². The van der Waals surface area contributed by atoms with E-state index in [0.717, 1.165) is 31.4 Å². The molecule has 0 atom stereocenters. The highest BCUT2D eigenvalue weighted by atomic mass is 16.6. The molecule has 1 aliphatic rings. The lowest BCUT2D eigenvalue weighted by Crippen LogP contribution is -2.41. The molecule has 0 radical (unpaired) electrons. The Labute approximate surface area is 115 Å². The molecule has 0 heterocycles. The van der Waals surface area contributed by atoms with Crippen LogP contribution >= 0.6 is 0 Å². The zero-order valence-electron chi connectivity index (χ0n) is 12.7. The average Bonchev–Trinajstić information content (AvgIpc) is 2.25. The minimum absolute atomic E-state index is 0.173. The molecule has 0 aromatic heterocycles. The Morgan fingerprint density at radius 3 is 2.21 bits per heavy atom. The van der Waals surface area contributed by atoms with Gasteiger partial charge < -0.3 is 14.9 Å². The second-order valence-electron chi connectivity index (χ2n) is 6.26. The predicted molar refractivity (Wildman–Crippen MR) is 75.3 cm³/mol. The van der Waals surface area contributed by atoms with Crippen molar-refractivity contribution in [3.05, 3.63) is 0 Å². The molecule has 1 aliphatic carbocycles. The fourth-order valence-electron chi connectivity index (χ4n) is 1.97. The van der Waals surface area contributed by atoms with Gasteiger partial charge in [0.1, 0.15) is 11.7 Å². The number of oxime groups is 1. The van der Waals surface area contributed by atoms with Gasteiger partial charge in [-0.3, -0.25) is 0 Å². The molecule has 0 aliphatic heterocycles. The standard InChI is InChI=1S/C14H26N2O3/c1-10(2)16-19-12-8-6-11(7-9-12)15-13(17)18-14(3,4)5/h11-12H,6-9H2,1-5H3,(H,15,17). The Balaban J connectivity index is 2.27. The fourth-order valence-corrected chi connectivity index (χ4v) is 1.97. The third-order valence-corrected chi connectivity index (χ3v) is 2.78. The quantitative estimate of drug-likeness (QED) is 0.632. The van der Waals surface area contributed by atoms with E-state index in [9.17, 15) is 4.79 Å². The van der Waals surface area contributed by atoms with Gasteiger partial charge in [0.15, 0.2) is 0 Å². The van der Waals surface area contributed by atoms with Crippen LogP contribution in [0.3, 0.4) is 0 Å². The second-order valence-corrected chi connectivity index (χ2v) is 6.26. The molecule has 1 saturated carbocycles. The summed E-state index contributed by atoms with van der Waals surface area (Å²) in [6, 6.07) is 0.182. The maximum atomic E-state index is 11.6. The molecular weight excluding hydrogens is 244 g/mol. The summed E-state index contributed by atoms with van der Waals surface area (Å²) in [6.45, 7) is 9.42. The van der Waals surface area contributed by atoms with Gasteiger partial charge in [-0.1, -0.05) is 5.16 Å². The van der Waals surface area contributed by atoms with E-state index in [-0.39, 0.29) is 18.2 Å². The van der Waals surface area contributed by atoms with Crippen molar-refractivity contribution in [3.63, 3.8) is 0 Å². The van der Waals surface area contributed by atoms with E-state index < -0.39 is 5.60 Å². The smallest absolute Gasteiger partial charge is 0.407 e. The van der Waals surface area contributed by atoms with Crippen LogP contribution in [0, 0.1) is 0 Å². The maximum Gasteiger partial charge on any atom is 0.407 e. The van der Waals surface area contributed by atoms with Crippen molar-refractivity contribution in [2.24, 2.45) is 5.16 Å². The highest BCUT2D eigenvalue weighted by molar-refractivity contribution is 5.78. The Kier molecular flexibility index (Phi) is 5.63. The maximum absolute atomic E-state index is 11.6. The number of rotatable bonds is 3. The van der Waals surface area contributed by atoms with Gasteiger partial charge in [0.2, 0.25) is 0 Å². The van der Waals surface area contributed by atoms with Crippen LogP contribution in [0.15, 0.2) is 5.16 Å². The molecule has 0 spiro atoms. The summed E-state index contributed by atoms with van der Waals surface area (Å²) in [5, 5.41) is 6.90. The van der Waals surface area contributed by atoms with Gasteiger partial charge in [-0.05, 0) is 60.3 Å². The van der Waals surface area contributed by atoms with Crippen molar-refractivity contribution < 1.29 is 14.4 Å². The van der Waals surface area contributed by atoms with E-state index in [1.165, 1.54) is 0 Å². The molecule has 0 bridgehead atoms. The molecule has 0 unspecified atom stereocenters. The largest absolute Gasteiger partial charge is 0.444 e. The zero-order valence-corrected chi connectivity index (χ0v) is 12.7. The third kappa shape index (κ3) is 7.03. The second kappa shape index (κ2) is 6.78. The summed E-state index contributed by atoms with van der Waals surface area (Å²) in [5.74, 6) is 0. The van der Waals surface area contributed by atoms with Gasteiger partial charge in [0, 0.05) is 6.04 Å². The summed E-state index contributed by atoms with van der Waals surface area (Å²) in [4.78, 5) is 17.1. The van der Waals surface area contributed by atoms with E-state index in [2.05, 4.69) is 10.5 Å². The Morgan fingerprint density at radius 1 is 1.16 bits per heavy atom. The third-order valence-electron chi connectivity index (χ3n) is 2.78. The lowest BCUT2D eigenvalue weighted by atomic mass is 9.93. The molecule has 1 rings (SSSR count). The normalized spacial score (nSPS) is 23.4. The number of ether oxygens (including phenoxy) is 1. The van der Waals surface area contributed by atoms with Gasteiger partial charge >= 0.3 is 6.09 Å². The topological polar surface area (TPSA) is 59.9 Å². The molecule has 5 heteroatoms. The van der Waals surface area contributed by atoms with E-state index in [0.29, 0.717) is 0 Å². The van der Waals surface area contributed by atoms with Gasteiger partial charge in [0.25, 0.3) is 0 Å². The predicted octanol–water partition coefficient (Wildman–Crippen LogP) is 3.23. The first-order valence-electron chi connectivity index (χ1n) is 6.93. The van der Waals surface area contributed by atoms with Crippen molar-refractivity contribution in [1.82, 2.24) is 5.32 Å². The van der Waals surface area contributed by atoms with E-state index in [1.54, 1.807) is 0 Å². The number of nitrogens with zero attached hydrogens (tertiary/aromatic N) is 1. The summed E-state index contributed by atoms with van der Waals surface area (Å²) in [6.07, 6.45) is 3.48.